The number of nitrogens with one attached hydrogen (secondary N) is 2. The zero-order chi connectivity index (χ0) is 13.1. The molecule has 5 nitrogen and oxygen atoms in total. The summed E-state index contributed by atoms with van der Waals surface area (Å²) < 4.78 is 0. The zero-order valence-electron chi connectivity index (χ0n) is 10.3. The number of hydrogen-bond donors (Lipinski definition) is 2. The van der Waals surface area contributed by atoms with Crippen LogP contribution in [-0.4, -0.2) is 14.0 Å². The van der Waals surface area contributed by atoms with Crippen molar-refractivity contribution in [2.75, 3.05) is 0 Å². The van der Waals surface area contributed by atoms with Gasteiger partial charge in [0.25, 0.3) is 0 Å². The van der Waals surface area contributed by atoms with Gasteiger partial charge in [0, 0.05) is 14.0 Å². The Morgan fingerprint density at radius 1 is 1.47 bits per heavy atom. The minimum Gasteiger partial charge on any atom is -0.311 e. The molecule has 1 aliphatic rings. The lowest BCUT2D eigenvalue weighted by Gasteiger charge is -2.27. The average molecular weight is 248 g/mol. The molecule has 1 rings (SSSR count). The second-order valence-corrected chi connectivity index (χ2v) is 10.9. The molecule has 0 aromatic carbocycles. The highest BCUT2D eigenvalue weighted by Crippen LogP contribution is 2.27. The molecule has 1 amide bonds. The zero-order valence-corrected chi connectivity index (χ0v) is 11.3. The molecule has 1 aliphatic heterocycles. The third kappa shape index (κ3) is 3.61. The number of hydrogen-bond acceptors (Lipinski definition) is 4. The van der Waals surface area contributed by atoms with Crippen molar-refractivity contribution in [1.29, 1.82) is 10.5 Å². The second-order valence-electron chi connectivity index (χ2n) is 5.36. The molecule has 0 saturated carbocycles. The average Bonchev–Trinajstić information content (AvgIpc) is 2.20. The molecular weight excluding hydrogens is 232 g/mol. The lowest BCUT2D eigenvalue weighted by atomic mass is 9.97. The van der Waals surface area contributed by atoms with Gasteiger partial charge < -0.3 is 5.32 Å². The number of allylic oxidation sites excluding steroid dienone is 1. The van der Waals surface area contributed by atoms with Crippen molar-refractivity contribution in [3.05, 3.63) is 11.4 Å². The van der Waals surface area contributed by atoms with Crippen molar-refractivity contribution in [2.24, 2.45) is 5.92 Å². The first-order chi connectivity index (χ1) is 7.87. The smallest absolute Gasteiger partial charge is 0.228 e. The highest BCUT2D eigenvalue weighted by atomic mass is 28.3. The number of carbonyl (C=O) groups excluding carboxylic acids is 1. The van der Waals surface area contributed by atoms with Crippen LogP contribution in [0.5, 0.6) is 0 Å². The van der Waals surface area contributed by atoms with Crippen LogP contribution >= 0.6 is 0 Å². The first-order valence-electron chi connectivity index (χ1n) is 5.46. The van der Waals surface area contributed by atoms with E-state index in [2.05, 4.69) is 30.3 Å². The third-order valence-electron chi connectivity index (χ3n) is 2.55. The first kappa shape index (κ1) is 13.3. The van der Waals surface area contributed by atoms with Gasteiger partial charge in [-0.25, -0.2) is 0 Å². The number of carbonyl (C=O) groups is 1. The summed E-state index contributed by atoms with van der Waals surface area (Å²) in [5.74, 6) is 0.0107. The van der Waals surface area contributed by atoms with Gasteiger partial charge in [0.2, 0.25) is 5.91 Å². The summed E-state index contributed by atoms with van der Waals surface area (Å²) in [6, 6.07) is 2.89. The molecule has 0 aromatic heterocycles. The number of nitriles is 2. The maximum Gasteiger partial charge on any atom is 0.228 e. The second kappa shape index (κ2) is 5.02. The van der Waals surface area contributed by atoms with Crippen LogP contribution in [0.4, 0.5) is 0 Å². The number of nitrogens with zero attached hydrogens (tertiary/aromatic N) is 2. The topological polar surface area (TPSA) is 88.7 Å². The van der Waals surface area contributed by atoms with Gasteiger partial charge in [-0.1, -0.05) is 19.6 Å². The van der Waals surface area contributed by atoms with E-state index in [1.807, 2.05) is 6.07 Å². The molecule has 90 valence electrons. The van der Waals surface area contributed by atoms with E-state index >= 15 is 0 Å². The van der Waals surface area contributed by atoms with E-state index in [4.69, 9.17) is 10.5 Å². The summed E-state index contributed by atoms with van der Waals surface area (Å²) in [5.41, 5.74) is 0.453. The number of amides is 1. The molecule has 1 atom stereocenters. The van der Waals surface area contributed by atoms with Crippen LogP contribution in [0.25, 0.3) is 0 Å². The molecule has 0 saturated heterocycles. The van der Waals surface area contributed by atoms with E-state index < -0.39 is 8.07 Å². The van der Waals surface area contributed by atoms with Gasteiger partial charge in [-0.2, -0.15) is 10.5 Å². The molecule has 1 unspecified atom stereocenters. The minimum atomic E-state index is -1.35. The minimum absolute atomic E-state index is 0.0934. The van der Waals surface area contributed by atoms with Crippen molar-refractivity contribution < 1.29 is 4.79 Å². The Morgan fingerprint density at radius 2 is 2.12 bits per heavy atom. The Morgan fingerprint density at radius 3 is 2.59 bits per heavy atom. The molecule has 6 heteroatoms. The molecule has 2 N–H and O–H groups in total. The summed E-state index contributed by atoms with van der Waals surface area (Å²) in [5, 5.41) is 22.5. The van der Waals surface area contributed by atoms with Crippen molar-refractivity contribution in [2.45, 2.75) is 32.1 Å². The van der Waals surface area contributed by atoms with E-state index in [0.29, 0.717) is 12.0 Å². The lowest BCUT2D eigenvalue weighted by Crippen LogP contribution is -2.42. The monoisotopic (exact) mass is 248 g/mol. The van der Waals surface area contributed by atoms with Gasteiger partial charge in [0.05, 0.1) is 11.6 Å². The van der Waals surface area contributed by atoms with Gasteiger partial charge in [0.15, 0.2) is 6.19 Å². The van der Waals surface area contributed by atoms with E-state index in [1.54, 1.807) is 6.19 Å². The predicted octanol–water partition coefficient (Wildman–Crippen LogP) is 1.27. The van der Waals surface area contributed by atoms with Crippen molar-refractivity contribution in [3.8, 4) is 12.3 Å². The van der Waals surface area contributed by atoms with Gasteiger partial charge in [0.1, 0.15) is 5.82 Å². The highest BCUT2D eigenvalue weighted by molar-refractivity contribution is 6.76. The fourth-order valence-electron chi connectivity index (χ4n) is 1.91. The largest absolute Gasteiger partial charge is 0.311 e. The molecule has 1 heterocycles. The predicted molar refractivity (Wildman–Crippen MR) is 65.8 cm³/mol. The molecule has 0 bridgehead atoms. The van der Waals surface area contributed by atoms with Crippen LogP contribution in [0.2, 0.25) is 25.7 Å². The van der Waals surface area contributed by atoms with Crippen molar-refractivity contribution >= 4 is 14.0 Å². The molecular formula is C11H16N4OSi. The fraction of sp³-hybridized carbons (Fsp3) is 0.545. The quantitative estimate of drug-likeness (QED) is 0.447. The van der Waals surface area contributed by atoms with Crippen LogP contribution in [-0.2, 0) is 4.79 Å². The van der Waals surface area contributed by atoms with E-state index in [-0.39, 0.29) is 17.6 Å². The van der Waals surface area contributed by atoms with Crippen LogP contribution in [0.3, 0.4) is 0 Å². The summed E-state index contributed by atoms with van der Waals surface area (Å²) in [4.78, 5) is 11.8. The molecule has 0 aliphatic carbocycles. The summed E-state index contributed by atoms with van der Waals surface area (Å²) >= 11 is 0. The van der Waals surface area contributed by atoms with Crippen LogP contribution in [0.15, 0.2) is 11.4 Å². The maximum absolute atomic E-state index is 11.8. The van der Waals surface area contributed by atoms with E-state index in [0.717, 1.165) is 6.04 Å². The highest BCUT2D eigenvalue weighted by Gasteiger charge is 2.32. The first-order valence-corrected chi connectivity index (χ1v) is 9.17. The fourth-order valence-corrected chi connectivity index (χ4v) is 3.72. The molecule has 0 radical (unpaired) electrons. The summed E-state index contributed by atoms with van der Waals surface area (Å²) in [7, 11) is -1.35. The van der Waals surface area contributed by atoms with E-state index in [1.165, 1.54) is 0 Å². The number of rotatable bonds is 3. The summed E-state index contributed by atoms with van der Waals surface area (Å²) in [6.07, 6.45) is 2.15. The Balaban J connectivity index is 2.88. The van der Waals surface area contributed by atoms with Gasteiger partial charge in [-0.15, -0.1) is 0 Å². The summed E-state index contributed by atoms with van der Waals surface area (Å²) in [6.45, 7) is 6.58. The van der Waals surface area contributed by atoms with Crippen molar-refractivity contribution in [1.82, 2.24) is 10.6 Å². The molecule has 0 fully saturated rings. The molecule has 0 aromatic rings. The van der Waals surface area contributed by atoms with Gasteiger partial charge in [-0.3, -0.25) is 10.1 Å². The van der Waals surface area contributed by atoms with Crippen LogP contribution < -0.4 is 10.6 Å². The standard InChI is InChI=1S/C11H16N4OSi/c1-17(2,3)6-9-4-8(5-12)10(14-7-13)15-11(9)16/h9,14H,4,6H2,1-3H3,(H,15,16). The normalized spacial score (nSPS) is 20.3. The van der Waals surface area contributed by atoms with Gasteiger partial charge >= 0.3 is 0 Å². The van der Waals surface area contributed by atoms with Gasteiger partial charge in [-0.05, 0) is 12.5 Å². The van der Waals surface area contributed by atoms with Crippen LogP contribution in [0, 0.1) is 28.7 Å². The Labute approximate surface area is 102 Å². The third-order valence-corrected chi connectivity index (χ3v) is 4.26. The molecule has 17 heavy (non-hydrogen) atoms. The van der Waals surface area contributed by atoms with E-state index in [9.17, 15) is 4.79 Å². The molecule has 0 spiro atoms. The Hall–Kier alpha value is -1.79. The maximum atomic E-state index is 11.8. The SMILES string of the molecule is C[Si](C)(C)CC1CC(C#N)=C(NC#N)NC1=O. The van der Waals surface area contributed by atoms with Crippen molar-refractivity contribution in [3.63, 3.8) is 0 Å². The Kier molecular flexibility index (Phi) is 3.92. The van der Waals surface area contributed by atoms with Crippen LogP contribution in [0.1, 0.15) is 6.42 Å². The lowest BCUT2D eigenvalue weighted by molar-refractivity contribution is -0.124. The Bertz CT molecular complexity index is 436.